The Morgan fingerprint density at radius 3 is 2.56 bits per heavy atom. The summed E-state index contributed by atoms with van der Waals surface area (Å²) in [6, 6.07) is 7.90. The minimum Gasteiger partial charge on any atom is -0.395 e. The van der Waals surface area contributed by atoms with Crippen LogP contribution in [0.1, 0.15) is 26.6 Å². The summed E-state index contributed by atoms with van der Waals surface area (Å²) in [4.78, 5) is 9.18. The maximum absolute atomic E-state index is 8.92. The summed E-state index contributed by atoms with van der Waals surface area (Å²) in [5.41, 5.74) is 0.831. The van der Waals surface area contributed by atoms with E-state index in [1.54, 1.807) is 0 Å². The van der Waals surface area contributed by atoms with Crippen LogP contribution >= 0.6 is 0 Å². The zero-order chi connectivity index (χ0) is 13.2. The fourth-order valence-corrected chi connectivity index (χ4v) is 1.72. The van der Waals surface area contributed by atoms with Crippen molar-refractivity contribution in [1.29, 1.82) is 0 Å². The average Bonchev–Trinajstić information content (AvgIpc) is 2.34. The number of nitrogens with one attached hydrogen (secondary N) is 1. The molecular weight excluding hydrogens is 226 g/mol. The first-order valence-electron chi connectivity index (χ1n) is 6.14. The molecule has 2 aromatic rings. The Morgan fingerprint density at radius 2 is 1.89 bits per heavy atom. The Bertz CT molecular complexity index is 546. The van der Waals surface area contributed by atoms with Crippen LogP contribution in [0, 0.1) is 0 Å². The predicted molar refractivity (Wildman–Crippen MR) is 73.8 cm³/mol. The van der Waals surface area contributed by atoms with Crippen LogP contribution in [-0.4, -0.2) is 28.2 Å². The monoisotopic (exact) mass is 245 g/mol. The molecule has 96 valence electrons. The SMILES string of the molecule is CC(C)(C)c1nc(NCCO)c2ccccc2n1. The number of aromatic nitrogens is 2. The number of para-hydroxylation sites is 1. The molecule has 0 bridgehead atoms. The van der Waals surface area contributed by atoms with Crippen LogP contribution in [0.25, 0.3) is 10.9 Å². The maximum Gasteiger partial charge on any atom is 0.137 e. The topological polar surface area (TPSA) is 58.0 Å². The molecule has 1 heterocycles. The molecule has 4 nitrogen and oxygen atoms in total. The largest absolute Gasteiger partial charge is 0.395 e. The van der Waals surface area contributed by atoms with Crippen LogP contribution in [0.3, 0.4) is 0 Å². The normalized spacial score (nSPS) is 11.8. The lowest BCUT2D eigenvalue weighted by molar-refractivity contribution is 0.311. The minimum absolute atomic E-state index is 0.0865. The van der Waals surface area contributed by atoms with Gasteiger partial charge in [0.05, 0.1) is 12.1 Å². The lowest BCUT2D eigenvalue weighted by atomic mass is 9.95. The third-order valence-electron chi connectivity index (χ3n) is 2.68. The van der Waals surface area contributed by atoms with Crippen LogP contribution in [0.15, 0.2) is 24.3 Å². The molecule has 1 aromatic heterocycles. The van der Waals surface area contributed by atoms with Crippen LogP contribution in [0.5, 0.6) is 0 Å². The number of anilines is 1. The second-order valence-corrected chi connectivity index (χ2v) is 5.31. The molecule has 0 aliphatic rings. The summed E-state index contributed by atoms with van der Waals surface area (Å²) in [5.74, 6) is 1.60. The van der Waals surface area contributed by atoms with Crippen molar-refractivity contribution in [1.82, 2.24) is 9.97 Å². The molecule has 18 heavy (non-hydrogen) atoms. The van der Waals surface area contributed by atoms with Gasteiger partial charge in [0.15, 0.2) is 0 Å². The first kappa shape index (κ1) is 12.8. The molecule has 0 radical (unpaired) electrons. The van der Waals surface area contributed by atoms with Crippen molar-refractivity contribution < 1.29 is 5.11 Å². The van der Waals surface area contributed by atoms with Crippen molar-refractivity contribution in [3.63, 3.8) is 0 Å². The Labute approximate surface area is 107 Å². The minimum atomic E-state index is -0.0975. The molecule has 0 aliphatic heterocycles. The van der Waals surface area contributed by atoms with E-state index in [1.165, 1.54) is 0 Å². The highest BCUT2D eigenvalue weighted by molar-refractivity contribution is 5.89. The zero-order valence-corrected chi connectivity index (χ0v) is 11.1. The highest BCUT2D eigenvalue weighted by atomic mass is 16.3. The van der Waals surface area contributed by atoms with Crippen LogP contribution < -0.4 is 5.32 Å². The van der Waals surface area contributed by atoms with Gasteiger partial charge >= 0.3 is 0 Å². The number of hydrogen-bond acceptors (Lipinski definition) is 4. The number of hydrogen-bond donors (Lipinski definition) is 2. The quantitative estimate of drug-likeness (QED) is 0.871. The van der Waals surface area contributed by atoms with E-state index in [1.807, 2.05) is 24.3 Å². The number of aliphatic hydroxyl groups is 1. The second kappa shape index (κ2) is 4.90. The summed E-state index contributed by atoms with van der Waals surface area (Å²) in [6.07, 6.45) is 0. The average molecular weight is 245 g/mol. The molecule has 0 saturated carbocycles. The third kappa shape index (κ3) is 2.59. The van der Waals surface area contributed by atoms with Crippen molar-refractivity contribution in [3.05, 3.63) is 30.1 Å². The van der Waals surface area contributed by atoms with Crippen LogP contribution in [0.4, 0.5) is 5.82 Å². The molecule has 1 aromatic carbocycles. The Hall–Kier alpha value is -1.68. The van der Waals surface area contributed by atoms with E-state index in [-0.39, 0.29) is 12.0 Å². The number of benzene rings is 1. The molecular formula is C14H19N3O. The Morgan fingerprint density at radius 1 is 1.17 bits per heavy atom. The number of rotatable bonds is 3. The third-order valence-corrected chi connectivity index (χ3v) is 2.68. The zero-order valence-electron chi connectivity index (χ0n) is 11.1. The number of nitrogens with zero attached hydrogens (tertiary/aromatic N) is 2. The summed E-state index contributed by atoms with van der Waals surface area (Å²) in [6.45, 7) is 6.85. The summed E-state index contributed by atoms with van der Waals surface area (Å²) >= 11 is 0. The molecule has 0 atom stereocenters. The molecule has 2 N–H and O–H groups in total. The fraction of sp³-hybridized carbons (Fsp3) is 0.429. The van der Waals surface area contributed by atoms with Gasteiger partial charge in [-0.25, -0.2) is 9.97 Å². The first-order chi connectivity index (χ1) is 8.52. The predicted octanol–water partition coefficient (Wildman–Crippen LogP) is 2.33. The Balaban J connectivity index is 2.57. The van der Waals surface area contributed by atoms with E-state index in [0.29, 0.717) is 6.54 Å². The van der Waals surface area contributed by atoms with Crippen LogP contribution in [-0.2, 0) is 5.41 Å². The highest BCUT2D eigenvalue weighted by Crippen LogP contribution is 2.25. The molecule has 0 unspecified atom stereocenters. The molecule has 0 aliphatic carbocycles. The molecule has 0 spiro atoms. The van der Waals surface area contributed by atoms with Crippen molar-refractivity contribution in [2.24, 2.45) is 0 Å². The van der Waals surface area contributed by atoms with E-state index < -0.39 is 0 Å². The van der Waals surface area contributed by atoms with Gasteiger partial charge in [0.2, 0.25) is 0 Å². The lowest BCUT2D eigenvalue weighted by Gasteiger charge is -2.19. The van der Waals surface area contributed by atoms with E-state index in [9.17, 15) is 0 Å². The van der Waals surface area contributed by atoms with Crippen molar-refractivity contribution >= 4 is 16.7 Å². The summed E-state index contributed by atoms with van der Waals surface area (Å²) in [5, 5.41) is 13.1. The van der Waals surface area contributed by atoms with Gasteiger partial charge in [-0.3, -0.25) is 0 Å². The first-order valence-corrected chi connectivity index (χ1v) is 6.14. The summed E-state index contributed by atoms with van der Waals surface area (Å²) < 4.78 is 0. The number of aliphatic hydroxyl groups excluding tert-OH is 1. The van der Waals surface area contributed by atoms with E-state index in [2.05, 4.69) is 36.1 Å². The van der Waals surface area contributed by atoms with Gasteiger partial charge in [-0.15, -0.1) is 0 Å². The van der Waals surface area contributed by atoms with Gasteiger partial charge in [-0.2, -0.15) is 0 Å². The molecule has 4 heteroatoms. The fourth-order valence-electron chi connectivity index (χ4n) is 1.72. The highest BCUT2D eigenvalue weighted by Gasteiger charge is 2.19. The summed E-state index contributed by atoms with van der Waals surface area (Å²) in [7, 11) is 0. The maximum atomic E-state index is 8.92. The number of fused-ring (bicyclic) bond motifs is 1. The van der Waals surface area contributed by atoms with Gasteiger partial charge in [-0.05, 0) is 12.1 Å². The smallest absolute Gasteiger partial charge is 0.137 e. The van der Waals surface area contributed by atoms with Gasteiger partial charge in [-0.1, -0.05) is 32.9 Å². The standard InChI is InChI=1S/C14H19N3O/c1-14(2,3)13-16-11-7-5-4-6-10(11)12(17-13)15-8-9-18/h4-7,18H,8-9H2,1-3H3,(H,15,16,17). The molecule has 0 saturated heterocycles. The van der Waals surface area contributed by atoms with Crippen molar-refractivity contribution in [2.75, 3.05) is 18.5 Å². The van der Waals surface area contributed by atoms with Crippen LogP contribution in [0.2, 0.25) is 0 Å². The molecule has 0 amide bonds. The van der Waals surface area contributed by atoms with E-state index in [4.69, 9.17) is 5.11 Å². The van der Waals surface area contributed by atoms with Gasteiger partial charge in [0.25, 0.3) is 0 Å². The van der Waals surface area contributed by atoms with Gasteiger partial charge < -0.3 is 10.4 Å². The van der Waals surface area contributed by atoms with Gasteiger partial charge in [0, 0.05) is 17.3 Å². The lowest BCUT2D eigenvalue weighted by Crippen LogP contribution is -2.18. The molecule has 2 rings (SSSR count). The van der Waals surface area contributed by atoms with Crippen molar-refractivity contribution in [3.8, 4) is 0 Å². The van der Waals surface area contributed by atoms with Gasteiger partial charge in [0.1, 0.15) is 11.6 Å². The van der Waals surface area contributed by atoms with Crippen molar-refractivity contribution in [2.45, 2.75) is 26.2 Å². The van der Waals surface area contributed by atoms with E-state index >= 15 is 0 Å². The Kier molecular flexibility index (Phi) is 3.48. The molecule has 0 fully saturated rings. The second-order valence-electron chi connectivity index (χ2n) is 5.31. The van der Waals surface area contributed by atoms with E-state index in [0.717, 1.165) is 22.5 Å².